The number of halogens is 1. The fraction of sp³-hybridized carbons (Fsp3) is 0.167. The van der Waals surface area contributed by atoms with Crippen LogP contribution in [-0.4, -0.2) is 28.9 Å². The highest BCUT2D eigenvalue weighted by molar-refractivity contribution is 7.90. The molecule has 8 nitrogen and oxygen atoms in total. The van der Waals surface area contributed by atoms with Gasteiger partial charge in [0.25, 0.3) is 10.0 Å². The molecule has 0 N–H and O–H groups in total. The second kappa shape index (κ2) is 6.61. The van der Waals surface area contributed by atoms with Crippen molar-refractivity contribution in [2.24, 2.45) is 0 Å². The predicted octanol–water partition coefficient (Wildman–Crippen LogP) is 3.80. The van der Waals surface area contributed by atoms with Gasteiger partial charge in [-0.3, -0.25) is 0 Å². The number of urea groups is 1. The third kappa shape index (κ3) is 2.83. The molecule has 10 heteroatoms. The van der Waals surface area contributed by atoms with Crippen molar-refractivity contribution in [2.45, 2.75) is 25.3 Å². The van der Waals surface area contributed by atoms with E-state index in [-0.39, 0.29) is 17.3 Å². The molecule has 1 aliphatic rings. The Labute approximate surface area is 166 Å². The fourth-order valence-electron chi connectivity index (χ4n) is 3.05. The number of pyridine rings is 1. The summed E-state index contributed by atoms with van der Waals surface area (Å²) < 4.78 is 32.2. The summed E-state index contributed by atoms with van der Waals surface area (Å²) in [6.45, 7) is 3.16. The number of carbonyl (C=O) groups excluding carboxylic acids is 1. The Morgan fingerprint density at radius 2 is 1.96 bits per heavy atom. The van der Waals surface area contributed by atoms with Gasteiger partial charge in [0.15, 0.2) is 5.82 Å². The van der Waals surface area contributed by atoms with Gasteiger partial charge in [-0.1, -0.05) is 22.8 Å². The van der Waals surface area contributed by atoms with E-state index < -0.39 is 16.1 Å². The first kappa shape index (κ1) is 18.5. The van der Waals surface area contributed by atoms with Crippen LogP contribution in [0, 0.1) is 13.8 Å². The highest BCUT2D eigenvalue weighted by atomic mass is 35.5. The van der Waals surface area contributed by atoms with Crippen molar-refractivity contribution >= 4 is 39.2 Å². The van der Waals surface area contributed by atoms with Crippen LogP contribution in [-0.2, 0) is 16.6 Å². The Bertz CT molecular complexity index is 1170. The number of nitrogens with zero attached hydrogens (tertiary/aromatic N) is 4. The molecule has 0 radical (unpaired) electrons. The van der Waals surface area contributed by atoms with Crippen LogP contribution >= 0.6 is 11.6 Å². The van der Waals surface area contributed by atoms with Gasteiger partial charge in [0.1, 0.15) is 10.7 Å². The SMILES string of the molecule is Cc1noc(C)c1CN1C(=O)N(c2cccc(Cl)c2)c2ncccc2S1(=O)=O. The van der Waals surface area contributed by atoms with Gasteiger partial charge in [-0.2, -0.15) is 0 Å². The summed E-state index contributed by atoms with van der Waals surface area (Å²) in [5, 5.41) is 4.25. The van der Waals surface area contributed by atoms with Crippen molar-refractivity contribution in [1.82, 2.24) is 14.4 Å². The smallest absolute Gasteiger partial charge is 0.344 e. The van der Waals surface area contributed by atoms with Crippen LogP contribution in [0.2, 0.25) is 5.02 Å². The van der Waals surface area contributed by atoms with E-state index >= 15 is 0 Å². The summed E-state index contributed by atoms with van der Waals surface area (Å²) in [5.41, 5.74) is 1.47. The van der Waals surface area contributed by atoms with E-state index in [1.165, 1.54) is 23.2 Å². The second-order valence-electron chi connectivity index (χ2n) is 6.24. The number of rotatable bonds is 3. The van der Waals surface area contributed by atoms with Crippen LogP contribution < -0.4 is 4.90 Å². The average Bonchev–Trinajstić information content (AvgIpc) is 2.97. The molecule has 0 saturated carbocycles. The number of aryl methyl sites for hydroxylation is 2. The van der Waals surface area contributed by atoms with Gasteiger partial charge in [-0.15, -0.1) is 0 Å². The van der Waals surface area contributed by atoms with Crippen LogP contribution in [0.25, 0.3) is 0 Å². The summed E-state index contributed by atoms with van der Waals surface area (Å²) >= 11 is 6.08. The molecule has 28 heavy (non-hydrogen) atoms. The van der Waals surface area contributed by atoms with E-state index in [0.29, 0.717) is 27.7 Å². The second-order valence-corrected chi connectivity index (χ2v) is 8.50. The topological polar surface area (TPSA) is 96.6 Å². The minimum Gasteiger partial charge on any atom is -0.361 e. The normalized spacial score (nSPS) is 15.6. The van der Waals surface area contributed by atoms with Crippen molar-refractivity contribution in [2.75, 3.05) is 4.90 Å². The molecule has 0 bridgehead atoms. The molecule has 144 valence electrons. The number of fused-ring (bicyclic) bond motifs is 1. The van der Waals surface area contributed by atoms with Crippen molar-refractivity contribution < 1.29 is 17.7 Å². The summed E-state index contributed by atoms with van der Waals surface area (Å²) in [6.07, 6.45) is 1.43. The lowest BCUT2D eigenvalue weighted by atomic mass is 10.2. The Balaban J connectivity index is 1.90. The molecule has 2 amide bonds. The highest BCUT2D eigenvalue weighted by Crippen LogP contribution is 2.39. The van der Waals surface area contributed by atoms with Gasteiger partial charge >= 0.3 is 6.03 Å². The van der Waals surface area contributed by atoms with E-state index in [2.05, 4.69) is 10.1 Å². The first-order chi connectivity index (χ1) is 13.3. The zero-order valence-corrected chi connectivity index (χ0v) is 16.5. The predicted molar refractivity (Wildman–Crippen MR) is 102 cm³/mol. The van der Waals surface area contributed by atoms with Gasteiger partial charge < -0.3 is 4.52 Å². The Hall–Kier alpha value is -2.91. The Morgan fingerprint density at radius 1 is 1.18 bits per heavy atom. The van der Waals surface area contributed by atoms with Gasteiger partial charge in [0.2, 0.25) is 0 Å². The van der Waals surface area contributed by atoms with Gasteiger partial charge in [0, 0.05) is 16.8 Å². The van der Waals surface area contributed by atoms with Crippen LogP contribution in [0.3, 0.4) is 0 Å². The van der Waals surface area contributed by atoms with Crippen LogP contribution in [0.15, 0.2) is 52.0 Å². The van der Waals surface area contributed by atoms with Crippen molar-refractivity contribution in [1.29, 1.82) is 0 Å². The lowest BCUT2D eigenvalue weighted by molar-refractivity contribution is 0.229. The number of aromatic nitrogens is 2. The zero-order chi connectivity index (χ0) is 20.1. The number of hydrogen-bond donors (Lipinski definition) is 0. The summed E-state index contributed by atoms with van der Waals surface area (Å²) in [7, 11) is -4.12. The summed E-state index contributed by atoms with van der Waals surface area (Å²) in [5.74, 6) is 0.483. The molecule has 3 aromatic rings. The lowest BCUT2D eigenvalue weighted by Gasteiger charge is -2.35. The van der Waals surface area contributed by atoms with E-state index in [4.69, 9.17) is 16.1 Å². The van der Waals surface area contributed by atoms with Gasteiger partial charge in [-0.25, -0.2) is 27.4 Å². The van der Waals surface area contributed by atoms with E-state index in [9.17, 15) is 13.2 Å². The maximum atomic E-state index is 13.3. The minimum atomic E-state index is -4.12. The third-order valence-corrected chi connectivity index (χ3v) is 6.46. The number of anilines is 2. The van der Waals surface area contributed by atoms with Gasteiger partial charge in [-0.05, 0) is 44.2 Å². The first-order valence-electron chi connectivity index (χ1n) is 8.30. The van der Waals surface area contributed by atoms with Crippen molar-refractivity contribution in [3.63, 3.8) is 0 Å². The van der Waals surface area contributed by atoms with E-state index in [1.54, 1.807) is 38.1 Å². The Kier molecular flexibility index (Phi) is 4.35. The fourth-order valence-corrected chi connectivity index (χ4v) is 4.68. The quantitative estimate of drug-likeness (QED) is 0.641. The van der Waals surface area contributed by atoms with Crippen LogP contribution in [0.1, 0.15) is 17.0 Å². The van der Waals surface area contributed by atoms with E-state index in [0.717, 1.165) is 4.31 Å². The van der Waals surface area contributed by atoms with Crippen LogP contribution in [0.4, 0.5) is 16.3 Å². The van der Waals surface area contributed by atoms with Crippen LogP contribution in [0.5, 0.6) is 0 Å². The van der Waals surface area contributed by atoms with E-state index in [1.807, 2.05) is 0 Å². The highest BCUT2D eigenvalue weighted by Gasteiger charge is 2.43. The molecule has 3 heterocycles. The standard InChI is InChI=1S/C18H15ClN4O4S/c1-11-15(12(2)27-21-11)10-22-18(24)23(14-6-3-5-13(19)9-14)17-16(28(22,25)26)7-4-8-20-17/h3-9H,10H2,1-2H3. The lowest BCUT2D eigenvalue weighted by Crippen LogP contribution is -2.48. The van der Waals surface area contributed by atoms with Gasteiger partial charge in [0.05, 0.1) is 17.9 Å². The average molecular weight is 419 g/mol. The molecular formula is C18H15ClN4O4S. The molecule has 1 aromatic carbocycles. The molecule has 0 atom stereocenters. The minimum absolute atomic E-state index is 0.0322. The Morgan fingerprint density at radius 3 is 2.64 bits per heavy atom. The molecule has 0 unspecified atom stereocenters. The number of sulfonamides is 1. The first-order valence-corrected chi connectivity index (χ1v) is 10.1. The molecular weight excluding hydrogens is 404 g/mol. The molecule has 4 rings (SSSR count). The third-order valence-electron chi connectivity index (χ3n) is 4.48. The number of amides is 2. The number of carbonyl (C=O) groups is 1. The maximum Gasteiger partial charge on any atom is 0.344 e. The van der Waals surface area contributed by atoms with Crippen molar-refractivity contribution in [3.8, 4) is 0 Å². The zero-order valence-electron chi connectivity index (χ0n) is 15.0. The van der Waals surface area contributed by atoms with Crippen molar-refractivity contribution in [3.05, 3.63) is 64.6 Å². The summed E-state index contributed by atoms with van der Waals surface area (Å²) in [6, 6.07) is 8.75. The molecule has 2 aromatic heterocycles. The largest absolute Gasteiger partial charge is 0.361 e. The molecule has 0 saturated heterocycles. The molecule has 0 spiro atoms. The maximum absolute atomic E-state index is 13.3. The monoisotopic (exact) mass is 418 g/mol. The number of benzene rings is 1. The molecule has 0 aliphatic carbocycles. The number of hydrogen-bond acceptors (Lipinski definition) is 6. The molecule has 0 fully saturated rings. The summed E-state index contributed by atoms with van der Waals surface area (Å²) in [4.78, 5) is 18.6. The molecule has 1 aliphatic heterocycles.